The van der Waals surface area contributed by atoms with Gasteiger partial charge < -0.3 is 15.4 Å². The van der Waals surface area contributed by atoms with E-state index in [2.05, 4.69) is 22.8 Å². The molecule has 0 radical (unpaired) electrons. The van der Waals surface area contributed by atoms with E-state index < -0.39 is 0 Å². The smallest absolute Gasteiger partial charge is 0.229 e. The van der Waals surface area contributed by atoms with E-state index in [1.807, 2.05) is 19.1 Å². The number of nitrogens with one attached hydrogen (secondary N) is 2. The molecule has 4 heteroatoms. The Kier molecular flexibility index (Phi) is 3.53. The largest absolute Gasteiger partial charge is 0.376 e. The second-order valence-corrected chi connectivity index (χ2v) is 5.36. The average Bonchev–Trinajstić information content (AvgIpc) is 2.83. The summed E-state index contributed by atoms with van der Waals surface area (Å²) < 4.78 is 5.49. The van der Waals surface area contributed by atoms with Crippen LogP contribution in [0.2, 0.25) is 0 Å². The number of carbonyl (C=O) groups excluding carboxylic acids is 1. The SMILES string of the molecule is CC1OCCC1NC(=O)C1CNCc2ccccc21. The molecule has 2 N–H and O–H groups in total. The molecule has 1 fully saturated rings. The Balaban J connectivity index is 1.74. The van der Waals surface area contributed by atoms with Gasteiger partial charge >= 0.3 is 0 Å². The van der Waals surface area contributed by atoms with Crippen LogP contribution in [0.5, 0.6) is 0 Å². The number of ether oxygens (including phenoxy) is 1. The van der Waals surface area contributed by atoms with Gasteiger partial charge in [-0.05, 0) is 24.5 Å². The molecule has 3 unspecified atom stereocenters. The summed E-state index contributed by atoms with van der Waals surface area (Å²) >= 11 is 0. The summed E-state index contributed by atoms with van der Waals surface area (Å²) in [6, 6.07) is 8.33. The average molecular weight is 260 g/mol. The molecule has 1 aromatic carbocycles. The quantitative estimate of drug-likeness (QED) is 0.839. The summed E-state index contributed by atoms with van der Waals surface area (Å²) in [6.45, 7) is 4.32. The number of benzene rings is 1. The maximum absolute atomic E-state index is 12.5. The van der Waals surface area contributed by atoms with Gasteiger partial charge in [0.1, 0.15) is 0 Å². The van der Waals surface area contributed by atoms with Crippen molar-refractivity contribution in [2.24, 2.45) is 0 Å². The van der Waals surface area contributed by atoms with E-state index in [1.54, 1.807) is 0 Å². The molecule has 1 saturated heterocycles. The topological polar surface area (TPSA) is 50.4 Å². The van der Waals surface area contributed by atoms with Gasteiger partial charge in [-0.1, -0.05) is 24.3 Å². The molecule has 2 aliphatic rings. The maximum atomic E-state index is 12.5. The molecule has 0 aromatic heterocycles. The van der Waals surface area contributed by atoms with Crippen molar-refractivity contribution in [2.45, 2.75) is 38.0 Å². The minimum atomic E-state index is -0.0854. The Hall–Kier alpha value is -1.39. The van der Waals surface area contributed by atoms with Gasteiger partial charge in [-0.2, -0.15) is 0 Å². The van der Waals surface area contributed by atoms with Crippen LogP contribution in [0.25, 0.3) is 0 Å². The first kappa shape index (κ1) is 12.6. The van der Waals surface area contributed by atoms with Crippen LogP contribution in [0, 0.1) is 0 Å². The summed E-state index contributed by atoms with van der Waals surface area (Å²) in [5.41, 5.74) is 2.38. The number of hydrogen-bond donors (Lipinski definition) is 2. The van der Waals surface area contributed by atoms with Crippen LogP contribution in [-0.4, -0.2) is 31.2 Å². The fraction of sp³-hybridized carbons (Fsp3) is 0.533. The molecule has 1 amide bonds. The van der Waals surface area contributed by atoms with Gasteiger partial charge in [0.05, 0.1) is 18.1 Å². The van der Waals surface area contributed by atoms with Crippen LogP contribution in [0.15, 0.2) is 24.3 Å². The first-order valence-electron chi connectivity index (χ1n) is 6.96. The van der Waals surface area contributed by atoms with E-state index in [-0.39, 0.29) is 24.0 Å². The highest BCUT2D eigenvalue weighted by molar-refractivity contribution is 5.85. The van der Waals surface area contributed by atoms with Crippen LogP contribution in [0.3, 0.4) is 0 Å². The van der Waals surface area contributed by atoms with Gasteiger partial charge in [0.25, 0.3) is 0 Å². The van der Waals surface area contributed by atoms with E-state index in [1.165, 1.54) is 5.56 Å². The first-order chi connectivity index (χ1) is 9.25. The van der Waals surface area contributed by atoms with Crippen molar-refractivity contribution in [3.05, 3.63) is 35.4 Å². The Morgan fingerprint density at radius 3 is 3.05 bits per heavy atom. The molecular weight excluding hydrogens is 240 g/mol. The van der Waals surface area contributed by atoms with Gasteiger partial charge in [-0.25, -0.2) is 0 Å². The third-order valence-corrected chi connectivity index (χ3v) is 4.11. The van der Waals surface area contributed by atoms with E-state index in [4.69, 9.17) is 4.74 Å². The number of fused-ring (bicyclic) bond motifs is 1. The minimum absolute atomic E-state index is 0.0854. The summed E-state index contributed by atoms with van der Waals surface area (Å²) in [6.07, 6.45) is 1.03. The predicted molar refractivity (Wildman–Crippen MR) is 72.9 cm³/mol. The Labute approximate surface area is 113 Å². The van der Waals surface area contributed by atoms with Crippen molar-refractivity contribution >= 4 is 5.91 Å². The molecule has 2 aliphatic heterocycles. The first-order valence-corrected chi connectivity index (χ1v) is 6.96. The summed E-state index contributed by atoms with van der Waals surface area (Å²) in [5, 5.41) is 6.45. The fourth-order valence-electron chi connectivity index (χ4n) is 2.93. The third-order valence-electron chi connectivity index (χ3n) is 4.11. The van der Waals surface area contributed by atoms with E-state index >= 15 is 0 Å². The maximum Gasteiger partial charge on any atom is 0.229 e. The van der Waals surface area contributed by atoms with Gasteiger partial charge in [0.2, 0.25) is 5.91 Å². The zero-order valence-electron chi connectivity index (χ0n) is 11.2. The molecule has 4 nitrogen and oxygen atoms in total. The Morgan fingerprint density at radius 2 is 2.26 bits per heavy atom. The van der Waals surface area contributed by atoms with Crippen molar-refractivity contribution < 1.29 is 9.53 Å². The summed E-state index contributed by atoms with van der Waals surface area (Å²) in [4.78, 5) is 12.5. The van der Waals surface area contributed by atoms with Gasteiger partial charge in [-0.3, -0.25) is 4.79 Å². The molecule has 0 aliphatic carbocycles. The molecule has 0 spiro atoms. The summed E-state index contributed by atoms with van der Waals surface area (Å²) in [5.74, 6) is 0.0275. The zero-order valence-corrected chi connectivity index (χ0v) is 11.2. The van der Waals surface area contributed by atoms with Gasteiger partial charge in [0.15, 0.2) is 0 Å². The fourth-order valence-corrected chi connectivity index (χ4v) is 2.93. The normalized spacial score (nSPS) is 29.8. The molecule has 19 heavy (non-hydrogen) atoms. The second-order valence-electron chi connectivity index (χ2n) is 5.36. The monoisotopic (exact) mass is 260 g/mol. The van der Waals surface area contributed by atoms with Gasteiger partial charge in [-0.15, -0.1) is 0 Å². The lowest BCUT2D eigenvalue weighted by Crippen LogP contribution is -2.45. The van der Waals surface area contributed by atoms with Crippen LogP contribution >= 0.6 is 0 Å². The number of amides is 1. The Bertz CT molecular complexity index is 475. The van der Waals surface area contributed by atoms with Crippen molar-refractivity contribution in [1.82, 2.24) is 10.6 Å². The number of hydrogen-bond acceptors (Lipinski definition) is 3. The minimum Gasteiger partial charge on any atom is -0.376 e. The standard InChI is InChI=1S/C15H20N2O2/c1-10-14(6-7-19-10)17-15(18)13-9-16-8-11-4-2-3-5-12(11)13/h2-5,10,13-14,16H,6-9H2,1H3,(H,17,18). The van der Waals surface area contributed by atoms with Crippen LogP contribution in [0.4, 0.5) is 0 Å². The highest BCUT2D eigenvalue weighted by Gasteiger charge is 2.31. The van der Waals surface area contributed by atoms with Crippen molar-refractivity contribution in [3.8, 4) is 0 Å². The second kappa shape index (κ2) is 5.31. The molecule has 0 bridgehead atoms. The number of rotatable bonds is 2. The van der Waals surface area contributed by atoms with Crippen LogP contribution in [-0.2, 0) is 16.1 Å². The van der Waals surface area contributed by atoms with E-state index in [9.17, 15) is 4.79 Å². The summed E-state index contributed by atoms with van der Waals surface area (Å²) in [7, 11) is 0. The molecule has 2 heterocycles. The molecule has 3 rings (SSSR count). The predicted octanol–water partition coefficient (Wildman–Crippen LogP) is 1.17. The zero-order chi connectivity index (χ0) is 13.2. The molecule has 0 saturated carbocycles. The molecule has 3 atom stereocenters. The van der Waals surface area contributed by atoms with Crippen LogP contribution in [0.1, 0.15) is 30.4 Å². The third kappa shape index (κ3) is 2.51. The lowest BCUT2D eigenvalue weighted by atomic mass is 9.90. The van der Waals surface area contributed by atoms with Crippen molar-refractivity contribution in [1.29, 1.82) is 0 Å². The highest BCUT2D eigenvalue weighted by Crippen LogP contribution is 2.24. The molecule has 1 aromatic rings. The van der Waals surface area contributed by atoms with Crippen molar-refractivity contribution in [3.63, 3.8) is 0 Å². The highest BCUT2D eigenvalue weighted by atomic mass is 16.5. The number of carbonyl (C=O) groups is 1. The van der Waals surface area contributed by atoms with E-state index in [0.717, 1.165) is 25.1 Å². The Morgan fingerprint density at radius 1 is 1.42 bits per heavy atom. The molecular formula is C15H20N2O2. The lowest BCUT2D eigenvalue weighted by Gasteiger charge is -2.27. The lowest BCUT2D eigenvalue weighted by molar-refractivity contribution is -0.123. The van der Waals surface area contributed by atoms with Crippen LogP contribution < -0.4 is 10.6 Å². The van der Waals surface area contributed by atoms with E-state index in [0.29, 0.717) is 6.54 Å². The van der Waals surface area contributed by atoms with Crippen molar-refractivity contribution in [2.75, 3.05) is 13.2 Å². The molecule has 102 valence electrons. The van der Waals surface area contributed by atoms with Gasteiger partial charge in [0, 0.05) is 19.7 Å².